The molecule has 0 fully saturated rings. The van der Waals surface area contributed by atoms with E-state index < -0.39 is 0 Å². The molecule has 3 aromatic rings. The molecule has 29 heavy (non-hydrogen) atoms. The van der Waals surface area contributed by atoms with Gasteiger partial charge in [0.05, 0.1) is 6.54 Å². The highest BCUT2D eigenvalue weighted by atomic mass is 16.2. The van der Waals surface area contributed by atoms with Crippen molar-refractivity contribution in [2.24, 2.45) is 0 Å². The van der Waals surface area contributed by atoms with Gasteiger partial charge in [-0.05, 0) is 47.2 Å². The van der Waals surface area contributed by atoms with Crippen molar-refractivity contribution in [3.63, 3.8) is 0 Å². The van der Waals surface area contributed by atoms with Gasteiger partial charge in [0, 0.05) is 48.8 Å². The molecule has 0 spiro atoms. The number of carbonyl (C=O) groups is 2. The van der Waals surface area contributed by atoms with E-state index in [-0.39, 0.29) is 11.8 Å². The molecule has 0 saturated carbocycles. The fraction of sp³-hybridized carbons (Fsp3) is 0.304. The van der Waals surface area contributed by atoms with Crippen molar-refractivity contribution in [2.45, 2.75) is 25.9 Å². The second-order valence-electron chi connectivity index (χ2n) is 7.85. The average Bonchev–Trinajstić information content (AvgIpc) is 3.32. The minimum absolute atomic E-state index is 0.000197. The lowest BCUT2D eigenvalue weighted by Gasteiger charge is -2.18. The second kappa shape index (κ2) is 7.37. The average molecular weight is 388 g/mol. The summed E-state index contributed by atoms with van der Waals surface area (Å²) in [6, 6.07) is 12.2. The highest BCUT2D eigenvalue weighted by Gasteiger charge is 2.22. The molecule has 6 heteroatoms. The van der Waals surface area contributed by atoms with Gasteiger partial charge >= 0.3 is 0 Å². The van der Waals surface area contributed by atoms with E-state index in [1.165, 1.54) is 11.1 Å². The van der Waals surface area contributed by atoms with E-state index in [4.69, 9.17) is 0 Å². The first-order chi connectivity index (χ1) is 14.2. The van der Waals surface area contributed by atoms with E-state index in [2.05, 4.69) is 32.7 Å². The summed E-state index contributed by atoms with van der Waals surface area (Å²) in [7, 11) is 0. The number of H-pyrrole nitrogens is 1. The van der Waals surface area contributed by atoms with E-state index in [1.54, 1.807) is 0 Å². The Labute approximate surface area is 169 Å². The highest BCUT2D eigenvalue weighted by Crippen LogP contribution is 2.28. The third-order valence-corrected chi connectivity index (χ3v) is 5.93. The maximum absolute atomic E-state index is 12.4. The first-order valence-electron chi connectivity index (χ1n) is 10.1. The zero-order chi connectivity index (χ0) is 19.8. The number of aromatic nitrogens is 1. The number of rotatable bonds is 5. The number of hydrogen-bond acceptors (Lipinski definition) is 3. The Morgan fingerprint density at radius 1 is 1.10 bits per heavy atom. The number of aromatic amines is 1. The normalized spacial score (nSPS) is 15.8. The minimum Gasteiger partial charge on any atom is -0.361 e. The van der Waals surface area contributed by atoms with Crippen molar-refractivity contribution in [2.75, 3.05) is 19.6 Å². The Morgan fingerprint density at radius 2 is 1.90 bits per heavy atom. The van der Waals surface area contributed by atoms with E-state index >= 15 is 0 Å². The Morgan fingerprint density at radius 3 is 2.69 bits per heavy atom. The quantitative estimate of drug-likeness (QED) is 0.627. The number of nitrogens with zero attached hydrogens (tertiary/aromatic N) is 1. The zero-order valence-electron chi connectivity index (χ0n) is 16.3. The van der Waals surface area contributed by atoms with Gasteiger partial charge < -0.3 is 15.6 Å². The van der Waals surface area contributed by atoms with Crippen LogP contribution in [-0.2, 0) is 30.7 Å². The molecule has 6 nitrogen and oxygen atoms in total. The summed E-state index contributed by atoms with van der Waals surface area (Å²) in [5, 5.41) is 7.10. The number of carbonyl (C=O) groups excluding carboxylic acids is 2. The van der Waals surface area contributed by atoms with Crippen LogP contribution in [0.5, 0.6) is 0 Å². The first-order valence-corrected chi connectivity index (χ1v) is 10.1. The van der Waals surface area contributed by atoms with Gasteiger partial charge in [-0.3, -0.25) is 14.5 Å². The minimum atomic E-state index is 0.000197. The van der Waals surface area contributed by atoms with Crippen molar-refractivity contribution >= 4 is 22.7 Å². The molecule has 5 rings (SSSR count). The van der Waals surface area contributed by atoms with E-state index in [1.807, 2.05) is 30.5 Å². The maximum Gasteiger partial charge on any atom is 0.251 e. The molecule has 0 atom stereocenters. The van der Waals surface area contributed by atoms with Gasteiger partial charge in [-0.25, -0.2) is 0 Å². The number of benzene rings is 2. The molecule has 0 unspecified atom stereocenters. The summed E-state index contributed by atoms with van der Waals surface area (Å²) in [5.74, 6) is 0.0549. The summed E-state index contributed by atoms with van der Waals surface area (Å²) < 4.78 is 0. The second-order valence-corrected chi connectivity index (χ2v) is 7.85. The fourth-order valence-corrected chi connectivity index (χ4v) is 4.55. The SMILES string of the molecule is O=C(CN1Cc2ccccc2C1)NCCc1c[nH]c2ccc3c(c12)CCNC3=O. The van der Waals surface area contributed by atoms with Crippen LogP contribution in [0.25, 0.3) is 10.9 Å². The van der Waals surface area contributed by atoms with Gasteiger partial charge in [-0.15, -0.1) is 0 Å². The lowest BCUT2D eigenvalue weighted by Crippen LogP contribution is -2.35. The van der Waals surface area contributed by atoms with Gasteiger partial charge in [0.15, 0.2) is 0 Å². The van der Waals surface area contributed by atoms with E-state index in [0.717, 1.165) is 53.5 Å². The van der Waals surface area contributed by atoms with Crippen LogP contribution in [0.2, 0.25) is 0 Å². The molecule has 0 radical (unpaired) electrons. The highest BCUT2D eigenvalue weighted by molar-refractivity contribution is 6.02. The van der Waals surface area contributed by atoms with Crippen LogP contribution in [0.4, 0.5) is 0 Å². The van der Waals surface area contributed by atoms with Crippen molar-refractivity contribution in [1.29, 1.82) is 0 Å². The Kier molecular flexibility index (Phi) is 4.56. The predicted molar refractivity (Wildman–Crippen MR) is 112 cm³/mol. The molecular formula is C23H24N4O2. The topological polar surface area (TPSA) is 77.2 Å². The fourth-order valence-electron chi connectivity index (χ4n) is 4.55. The molecule has 2 aliphatic rings. The third kappa shape index (κ3) is 3.40. The molecule has 0 bridgehead atoms. The molecule has 0 saturated heterocycles. The Bertz CT molecular complexity index is 1080. The molecule has 0 aliphatic carbocycles. The molecule has 1 aromatic heterocycles. The van der Waals surface area contributed by atoms with Crippen molar-refractivity contribution in [1.82, 2.24) is 20.5 Å². The summed E-state index contributed by atoms with van der Waals surface area (Å²) in [5.41, 5.74) is 6.71. The van der Waals surface area contributed by atoms with Gasteiger partial charge in [-0.1, -0.05) is 24.3 Å². The summed E-state index contributed by atoms with van der Waals surface area (Å²) in [6.45, 7) is 3.34. The molecule has 2 aliphatic heterocycles. The predicted octanol–water partition coefficient (Wildman–Crippen LogP) is 2.13. The summed E-state index contributed by atoms with van der Waals surface area (Å²) in [4.78, 5) is 30.0. The molecule has 2 aromatic carbocycles. The van der Waals surface area contributed by atoms with E-state index in [0.29, 0.717) is 19.6 Å². The van der Waals surface area contributed by atoms with Gasteiger partial charge in [0.2, 0.25) is 5.91 Å². The maximum atomic E-state index is 12.4. The molecule has 3 heterocycles. The van der Waals surface area contributed by atoms with Crippen molar-refractivity contribution in [3.05, 3.63) is 70.4 Å². The Hall–Kier alpha value is -3.12. The van der Waals surface area contributed by atoms with Gasteiger partial charge in [0.1, 0.15) is 0 Å². The molecule has 2 amide bonds. The standard InChI is InChI=1S/C23H24N4O2/c28-21(14-27-12-16-3-1-2-4-17(16)13-27)24-9-7-15-11-26-20-6-5-19-18(22(15)20)8-10-25-23(19)29/h1-6,11,26H,7-10,12-14H2,(H,24,28)(H,25,29). The molecule has 3 N–H and O–H groups in total. The summed E-state index contributed by atoms with van der Waals surface area (Å²) >= 11 is 0. The van der Waals surface area contributed by atoms with Gasteiger partial charge in [-0.2, -0.15) is 0 Å². The monoisotopic (exact) mass is 388 g/mol. The van der Waals surface area contributed by atoms with Crippen LogP contribution < -0.4 is 10.6 Å². The Balaban J connectivity index is 1.21. The zero-order valence-corrected chi connectivity index (χ0v) is 16.3. The third-order valence-electron chi connectivity index (χ3n) is 5.93. The van der Waals surface area contributed by atoms with Crippen LogP contribution in [-0.4, -0.2) is 41.3 Å². The van der Waals surface area contributed by atoms with Crippen LogP contribution in [0.1, 0.15) is 32.6 Å². The van der Waals surface area contributed by atoms with E-state index in [9.17, 15) is 9.59 Å². The van der Waals surface area contributed by atoms with Crippen LogP contribution >= 0.6 is 0 Å². The first kappa shape index (κ1) is 17.9. The van der Waals surface area contributed by atoms with Crippen LogP contribution in [0.3, 0.4) is 0 Å². The largest absolute Gasteiger partial charge is 0.361 e. The number of fused-ring (bicyclic) bond motifs is 4. The van der Waals surface area contributed by atoms with Crippen LogP contribution in [0, 0.1) is 0 Å². The number of amides is 2. The molecular weight excluding hydrogens is 364 g/mol. The number of nitrogens with one attached hydrogen (secondary N) is 3. The van der Waals surface area contributed by atoms with Crippen molar-refractivity contribution in [3.8, 4) is 0 Å². The lowest BCUT2D eigenvalue weighted by molar-refractivity contribution is -0.122. The lowest BCUT2D eigenvalue weighted by atomic mass is 9.94. The van der Waals surface area contributed by atoms with Crippen LogP contribution in [0.15, 0.2) is 42.6 Å². The van der Waals surface area contributed by atoms with Gasteiger partial charge in [0.25, 0.3) is 5.91 Å². The number of hydrogen-bond donors (Lipinski definition) is 3. The smallest absolute Gasteiger partial charge is 0.251 e. The summed E-state index contributed by atoms with van der Waals surface area (Å²) in [6.07, 6.45) is 3.58. The van der Waals surface area contributed by atoms with Crippen molar-refractivity contribution < 1.29 is 9.59 Å². The molecule has 148 valence electrons.